The molecule has 1 amide bonds. The Morgan fingerprint density at radius 1 is 1.36 bits per heavy atom. The summed E-state index contributed by atoms with van der Waals surface area (Å²) >= 11 is 0. The van der Waals surface area contributed by atoms with Gasteiger partial charge in [0.1, 0.15) is 6.04 Å². The molecule has 0 aliphatic heterocycles. The van der Waals surface area contributed by atoms with Crippen molar-refractivity contribution in [3.63, 3.8) is 0 Å². The Labute approximate surface area is 129 Å². The van der Waals surface area contributed by atoms with Gasteiger partial charge in [0, 0.05) is 19.7 Å². The van der Waals surface area contributed by atoms with Gasteiger partial charge in [-0.05, 0) is 18.9 Å². The van der Waals surface area contributed by atoms with E-state index in [1.807, 2.05) is 30.1 Å². The van der Waals surface area contributed by atoms with Gasteiger partial charge in [-0.15, -0.1) is 0 Å². The van der Waals surface area contributed by atoms with Crippen molar-refractivity contribution in [3.05, 3.63) is 58.5 Å². The van der Waals surface area contributed by atoms with E-state index < -0.39 is 11.9 Å². The number of hydrogen-bond donors (Lipinski definition) is 1. The number of nitrogens with two attached hydrogens (primary N) is 1. The molecule has 0 aliphatic rings. The number of carbonyl (C=O) groups excluding carboxylic acids is 1. The van der Waals surface area contributed by atoms with Crippen LogP contribution < -0.4 is 16.2 Å². The van der Waals surface area contributed by atoms with Gasteiger partial charge >= 0.3 is 0 Å². The summed E-state index contributed by atoms with van der Waals surface area (Å²) in [5.74, 6) is -0.584. The lowest BCUT2D eigenvalue weighted by Gasteiger charge is -2.19. The van der Waals surface area contributed by atoms with E-state index in [4.69, 9.17) is 5.73 Å². The van der Waals surface area contributed by atoms with Crippen molar-refractivity contribution in [2.24, 2.45) is 5.73 Å². The third-order valence-corrected chi connectivity index (χ3v) is 3.61. The van der Waals surface area contributed by atoms with Crippen molar-refractivity contribution in [2.75, 3.05) is 18.5 Å². The molecule has 0 saturated heterocycles. The highest BCUT2D eigenvalue weighted by Gasteiger charge is 2.14. The summed E-state index contributed by atoms with van der Waals surface area (Å²) < 4.78 is 1.09. The molecule has 0 fully saturated rings. The van der Waals surface area contributed by atoms with Crippen molar-refractivity contribution in [2.45, 2.75) is 19.4 Å². The number of carbonyl (C=O) groups is 1. The van der Waals surface area contributed by atoms with Crippen LogP contribution in [0.3, 0.4) is 0 Å². The smallest absolute Gasteiger partial charge is 0.269 e. The lowest BCUT2D eigenvalue weighted by Crippen LogP contribution is -2.34. The summed E-state index contributed by atoms with van der Waals surface area (Å²) in [5, 5.41) is 4.04. The largest absolute Gasteiger partial charge is 0.373 e. The Bertz CT molecular complexity index is 697. The molecule has 1 aromatic carbocycles. The second-order valence-electron chi connectivity index (χ2n) is 5.23. The summed E-state index contributed by atoms with van der Waals surface area (Å²) in [6.07, 6.45) is 2.45. The predicted octanol–water partition coefficient (Wildman–Crippen LogP) is 0.968. The van der Waals surface area contributed by atoms with Gasteiger partial charge in [-0.25, -0.2) is 4.68 Å². The molecular formula is C16H20N4O2. The van der Waals surface area contributed by atoms with Gasteiger partial charge in [0.15, 0.2) is 0 Å². The molecule has 1 unspecified atom stereocenters. The minimum Gasteiger partial charge on any atom is -0.373 e. The third-order valence-electron chi connectivity index (χ3n) is 3.61. The Balaban J connectivity index is 2.07. The molecule has 1 heterocycles. The molecule has 1 atom stereocenters. The van der Waals surface area contributed by atoms with E-state index in [2.05, 4.69) is 17.2 Å². The maximum absolute atomic E-state index is 12.0. The van der Waals surface area contributed by atoms with E-state index in [0.29, 0.717) is 5.69 Å². The Morgan fingerprint density at radius 3 is 2.64 bits per heavy atom. The topological polar surface area (TPSA) is 81.2 Å². The second-order valence-corrected chi connectivity index (χ2v) is 5.23. The normalized spacial score (nSPS) is 11.9. The van der Waals surface area contributed by atoms with Crippen LogP contribution in [0.4, 0.5) is 5.69 Å². The minimum absolute atomic E-state index is 0.338. The zero-order valence-corrected chi connectivity index (χ0v) is 12.8. The molecule has 2 N–H and O–H groups in total. The summed E-state index contributed by atoms with van der Waals surface area (Å²) in [4.78, 5) is 25.1. The molecule has 0 bridgehead atoms. The molecule has 2 rings (SSSR count). The number of amides is 1. The molecule has 0 aliphatic carbocycles. The van der Waals surface area contributed by atoms with Gasteiger partial charge in [0.25, 0.3) is 5.56 Å². The molecule has 0 saturated carbocycles. The number of likely N-dealkylation sites (N-methyl/N-ethyl adjacent to an activating group) is 1. The van der Waals surface area contributed by atoms with Gasteiger partial charge in [0.2, 0.25) is 5.91 Å². The van der Waals surface area contributed by atoms with E-state index in [1.54, 1.807) is 13.1 Å². The van der Waals surface area contributed by atoms with Gasteiger partial charge in [-0.2, -0.15) is 5.10 Å². The van der Waals surface area contributed by atoms with Crippen LogP contribution in [0.1, 0.15) is 18.5 Å². The molecule has 22 heavy (non-hydrogen) atoms. The lowest BCUT2D eigenvalue weighted by atomic mass is 10.1. The van der Waals surface area contributed by atoms with Crippen LogP contribution in [-0.2, 0) is 11.2 Å². The first-order chi connectivity index (χ1) is 10.5. The highest BCUT2D eigenvalue weighted by molar-refractivity contribution is 5.77. The van der Waals surface area contributed by atoms with E-state index in [1.165, 1.54) is 11.6 Å². The van der Waals surface area contributed by atoms with Crippen molar-refractivity contribution in [1.82, 2.24) is 9.78 Å². The first kappa shape index (κ1) is 15.8. The number of nitrogens with zero attached hydrogens (tertiary/aromatic N) is 3. The lowest BCUT2D eigenvalue weighted by molar-refractivity contribution is -0.121. The zero-order valence-electron chi connectivity index (χ0n) is 12.8. The zero-order chi connectivity index (χ0) is 16.1. The van der Waals surface area contributed by atoms with Gasteiger partial charge in [-0.1, -0.05) is 30.3 Å². The summed E-state index contributed by atoms with van der Waals surface area (Å²) in [6.45, 7) is 2.32. The van der Waals surface area contributed by atoms with Crippen LogP contribution in [0.15, 0.2) is 47.4 Å². The number of aromatic nitrogens is 2. The number of primary amides is 1. The summed E-state index contributed by atoms with van der Waals surface area (Å²) in [7, 11) is 1.90. The van der Waals surface area contributed by atoms with Gasteiger partial charge in [-0.3, -0.25) is 9.59 Å². The monoisotopic (exact) mass is 300 g/mol. The van der Waals surface area contributed by atoms with Crippen molar-refractivity contribution >= 4 is 11.6 Å². The predicted molar refractivity (Wildman–Crippen MR) is 85.8 cm³/mol. The summed E-state index contributed by atoms with van der Waals surface area (Å²) in [6, 6.07) is 10.8. The number of hydrogen-bond acceptors (Lipinski definition) is 4. The van der Waals surface area contributed by atoms with E-state index in [9.17, 15) is 9.59 Å². The first-order valence-electron chi connectivity index (χ1n) is 7.12. The first-order valence-corrected chi connectivity index (χ1v) is 7.12. The van der Waals surface area contributed by atoms with Crippen LogP contribution in [0.2, 0.25) is 0 Å². The van der Waals surface area contributed by atoms with Crippen LogP contribution in [-0.4, -0.2) is 29.3 Å². The van der Waals surface area contributed by atoms with Crippen molar-refractivity contribution in [3.8, 4) is 0 Å². The van der Waals surface area contributed by atoms with E-state index in [0.717, 1.165) is 17.6 Å². The Kier molecular flexibility index (Phi) is 4.93. The highest BCUT2D eigenvalue weighted by Crippen LogP contribution is 2.10. The summed E-state index contributed by atoms with van der Waals surface area (Å²) in [5.41, 5.74) is 6.81. The Hall–Kier alpha value is -2.63. The average Bonchev–Trinajstić information content (AvgIpc) is 2.52. The number of benzene rings is 1. The maximum atomic E-state index is 12.0. The van der Waals surface area contributed by atoms with Crippen molar-refractivity contribution < 1.29 is 4.79 Å². The van der Waals surface area contributed by atoms with Gasteiger partial charge < -0.3 is 10.6 Å². The highest BCUT2D eigenvalue weighted by atomic mass is 16.2. The van der Waals surface area contributed by atoms with Crippen molar-refractivity contribution in [1.29, 1.82) is 0 Å². The van der Waals surface area contributed by atoms with Crippen LogP contribution in [0.5, 0.6) is 0 Å². The van der Waals surface area contributed by atoms with Gasteiger partial charge in [0.05, 0.1) is 11.9 Å². The molecule has 0 spiro atoms. The fraction of sp³-hybridized carbons (Fsp3) is 0.312. The van der Waals surface area contributed by atoms with E-state index in [-0.39, 0.29) is 5.56 Å². The third kappa shape index (κ3) is 3.72. The molecule has 6 heteroatoms. The maximum Gasteiger partial charge on any atom is 0.269 e. The minimum atomic E-state index is -0.754. The standard InChI is InChI=1S/C16H20N4O2/c1-12(16(17)22)20-15(21)10-14(11-18-20)19(2)9-8-13-6-4-3-5-7-13/h3-7,10-12H,8-9H2,1-2H3,(H2,17,22). The SMILES string of the molecule is CC(C(N)=O)n1ncc(N(C)CCc2ccccc2)cc1=O. The van der Waals surface area contributed by atoms with Crippen LogP contribution in [0, 0.1) is 0 Å². The fourth-order valence-electron chi connectivity index (χ4n) is 2.10. The number of anilines is 1. The number of rotatable bonds is 6. The molecule has 1 aromatic heterocycles. The Morgan fingerprint density at radius 2 is 2.05 bits per heavy atom. The quantitative estimate of drug-likeness (QED) is 0.862. The second kappa shape index (κ2) is 6.89. The average molecular weight is 300 g/mol. The molecule has 2 aromatic rings. The molecule has 116 valence electrons. The van der Waals surface area contributed by atoms with Crippen LogP contribution >= 0.6 is 0 Å². The van der Waals surface area contributed by atoms with E-state index >= 15 is 0 Å². The molecule has 0 radical (unpaired) electrons. The molecular weight excluding hydrogens is 280 g/mol. The fourth-order valence-corrected chi connectivity index (χ4v) is 2.10. The molecule has 6 nitrogen and oxygen atoms in total. The van der Waals surface area contributed by atoms with Crippen LogP contribution in [0.25, 0.3) is 0 Å².